The Morgan fingerprint density at radius 3 is 1.93 bits per heavy atom. The molecule has 2 rings (SSSR count). The molecule has 0 aliphatic heterocycles. The fraction of sp³-hybridized carbons (Fsp3) is 0.333. The maximum absolute atomic E-state index is 12.6. The molecule has 1 N–H and O–H groups in total. The fourth-order valence-electron chi connectivity index (χ4n) is 2.84. The molecule has 0 bridgehead atoms. The van der Waals surface area contributed by atoms with Gasteiger partial charge in [0.2, 0.25) is 5.91 Å². The zero-order chi connectivity index (χ0) is 20.7. The van der Waals surface area contributed by atoms with Crippen LogP contribution in [0, 0.1) is 0 Å². The van der Waals surface area contributed by atoms with E-state index in [4.69, 9.17) is 9.47 Å². The lowest BCUT2D eigenvalue weighted by Gasteiger charge is -2.23. The van der Waals surface area contributed by atoms with Crippen molar-refractivity contribution in [1.82, 2.24) is 5.32 Å². The van der Waals surface area contributed by atoms with Crippen LogP contribution in [0.4, 0.5) is 11.4 Å². The predicted molar refractivity (Wildman–Crippen MR) is 111 cm³/mol. The van der Waals surface area contributed by atoms with Crippen LogP contribution in [0.2, 0.25) is 0 Å². The third kappa shape index (κ3) is 4.94. The number of benzene rings is 2. The van der Waals surface area contributed by atoms with Crippen molar-refractivity contribution in [2.75, 3.05) is 51.2 Å². The standard InChI is InChI=1S/C21H27N3O4/c1-15(25)24(17-11-9-16(10-12-17)23(2)3)14-13-22-21(26)20-18(27-4)7-6-8-19(20)28-5/h6-12H,13-14H2,1-5H3,(H,22,26). The molecule has 0 unspecified atom stereocenters. The topological polar surface area (TPSA) is 71.1 Å². The second kappa shape index (κ2) is 9.64. The number of hydrogen-bond donors (Lipinski definition) is 1. The monoisotopic (exact) mass is 385 g/mol. The second-order valence-corrected chi connectivity index (χ2v) is 6.37. The normalized spacial score (nSPS) is 10.2. The minimum Gasteiger partial charge on any atom is -0.496 e. The lowest BCUT2D eigenvalue weighted by molar-refractivity contribution is -0.116. The highest BCUT2D eigenvalue weighted by Crippen LogP contribution is 2.28. The van der Waals surface area contributed by atoms with Gasteiger partial charge in [0.1, 0.15) is 17.1 Å². The lowest BCUT2D eigenvalue weighted by Crippen LogP contribution is -2.37. The molecule has 150 valence electrons. The summed E-state index contributed by atoms with van der Waals surface area (Å²) in [7, 11) is 6.92. The molecule has 7 nitrogen and oxygen atoms in total. The smallest absolute Gasteiger partial charge is 0.258 e. The minimum absolute atomic E-state index is 0.0956. The Morgan fingerprint density at radius 2 is 1.46 bits per heavy atom. The summed E-state index contributed by atoms with van der Waals surface area (Å²) >= 11 is 0. The van der Waals surface area contributed by atoms with Gasteiger partial charge in [-0.2, -0.15) is 0 Å². The van der Waals surface area contributed by atoms with E-state index in [0.717, 1.165) is 11.4 Å². The quantitative estimate of drug-likeness (QED) is 0.756. The molecular weight excluding hydrogens is 358 g/mol. The highest BCUT2D eigenvalue weighted by atomic mass is 16.5. The van der Waals surface area contributed by atoms with Gasteiger partial charge in [0, 0.05) is 45.5 Å². The second-order valence-electron chi connectivity index (χ2n) is 6.37. The number of rotatable bonds is 8. The molecule has 0 radical (unpaired) electrons. The van der Waals surface area contributed by atoms with Crippen LogP contribution in [-0.2, 0) is 4.79 Å². The zero-order valence-electron chi connectivity index (χ0n) is 17.0. The Bertz CT molecular complexity index is 797. The van der Waals surface area contributed by atoms with Crippen molar-refractivity contribution in [3.05, 3.63) is 48.0 Å². The summed E-state index contributed by atoms with van der Waals surface area (Å²) in [5.74, 6) is 0.446. The molecule has 0 aromatic heterocycles. The fourth-order valence-corrected chi connectivity index (χ4v) is 2.84. The summed E-state index contributed by atoms with van der Waals surface area (Å²) < 4.78 is 10.5. The van der Waals surface area contributed by atoms with E-state index < -0.39 is 0 Å². The molecule has 7 heteroatoms. The van der Waals surface area contributed by atoms with Gasteiger partial charge < -0.3 is 24.6 Å². The van der Waals surface area contributed by atoms with Crippen molar-refractivity contribution in [1.29, 1.82) is 0 Å². The van der Waals surface area contributed by atoms with Gasteiger partial charge in [-0.25, -0.2) is 0 Å². The molecule has 2 aromatic rings. The molecule has 0 heterocycles. The Balaban J connectivity index is 2.07. The number of methoxy groups -OCH3 is 2. The van der Waals surface area contributed by atoms with E-state index in [-0.39, 0.29) is 18.4 Å². The first kappa shape index (κ1) is 21.1. The number of anilines is 2. The summed E-state index contributed by atoms with van der Waals surface area (Å²) in [5.41, 5.74) is 2.16. The molecule has 0 saturated heterocycles. The van der Waals surface area contributed by atoms with Gasteiger partial charge in [-0.1, -0.05) is 6.07 Å². The lowest BCUT2D eigenvalue weighted by atomic mass is 10.1. The van der Waals surface area contributed by atoms with E-state index >= 15 is 0 Å². The van der Waals surface area contributed by atoms with Gasteiger partial charge in [-0.15, -0.1) is 0 Å². The van der Waals surface area contributed by atoms with Crippen molar-refractivity contribution >= 4 is 23.2 Å². The number of ether oxygens (including phenoxy) is 2. The van der Waals surface area contributed by atoms with Crippen LogP contribution in [0.1, 0.15) is 17.3 Å². The molecule has 0 saturated carbocycles. The Labute approximate surface area is 165 Å². The maximum Gasteiger partial charge on any atom is 0.258 e. The van der Waals surface area contributed by atoms with E-state index in [1.165, 1.54) is 21.1 Å². The van der Waals surface area contributed by atoms with Gasteiger partial charge in [-0.05, 0) is 36.4 Å². The number of nitrogens with one attached hydrogen (secondary N) is 1. The molecule has 0 aliphatic carbocycles. The van der Waals surface area contributed by atoms with Gasteiger partial charge in [0.25, 0.3) is 5.91 Å². The third-order valence-electron chi connectivity index (χ3n) is 4.33. The van der Waals surface area contributed by atoms with E-state index in [2.05, 4.69) is 5.32 Å². The predicted octanol–water partition coefficient (Wildman–Crippen LogP) is 2.55. The molecule has 2 aromatic carbocycles. The van der Waals surface area contributed by atoms with Gasteiger partial charge >= 0.3 is 0 Å². The summed E-state index contributed by atoms with van der Waals surface area (Å²) in [6.07, 6.45) is 0. The van der Waals surface area contributed by atoms with Crippen LogP contribution in [0.3, 0.4) is 0 Å². The van der Waals surface area contributed by atoms with E-state index in [0.29, 0.717) is 23.6 Å². The van der Waals surface area contributed by atoms with Crippen molar-refractivity contribution in [2.45, 2.75) is 6.92 Å². The Kier molecular flexibility index (Phi) is 7.26. The first-order valence-corrected chi connectivity index (χ1v) is 8.93. The largest absolute Gasteiger partial charge is 0.496 e. The molecule has 0 spiro atoms. The van der Waals surface area contributed by atoms with Crippen LogP contribution in [0.15, 0.2) is 42.5 Å². The summed E-state index contributed by atoms with van der Waals surface area (Å²) in [4.78, 5) is 28.3. The van der Waals surface area contributed by atoms with E-state index in [1.807, 2.05) is 43.3 Å². The van der Waals surface area contributed by atoms with E-state index in [9.17, 15) is 9.59 Å². The third-order valence-corrected chi connectivity index (χ3v) is 4.33. The molecule has 0 aliphatic rings. The minimum atomic E-state index is -0.319. The maximum atomic E-state index is 12.6. The highest BCUT2D eigenvalue weighted by Gasteiger charge is 2.18. The molecule has 2 amide bonds. The highest BCUT2D eigenvalue weighted by molar-refractivity contribution is 6.00. The summed E-state index contributed by atoms with van der Waals surface area (Å²) in [5, 5.41) is 2.83. The van der Waals surface area contributed by atoms with E-state index in [1.54, 1.807) is 23.1 Å². The first-order valence-electron chi connectivity index (χ1n) is 8.93. The van der Waals surface area contributed by atoms with Crippen molar-refractivity contribution in [2.24, 2.45) is 0 Å². The Morgan fingerprint density at radius 1 is 0.929 bits per heavy atom. The number of hydrogen-bond acceptors (Lipinski definition) is 5. The SMILES string of the molecule is COc1cccc(OC)c1C(=O)NCCN(C(C)=O)c1ccc(N(C)C)cc1. The molecular formula is C21H27N3O4. The van der Waals surface area contributed by atoms with Crippen molar-refractivity contribution in [3.63, 3.8) is 0 Å². The van der Waals surface area contributed by atoms with Gasteiger partial charge in [0.05, 0.1) is 14.2 Å². The van der Waals surface area contributed by atoms with Crippen LogP contribution in [0.25, 0.3) is 0 Å². The van der Waals surface area contributed by atoms with Crippen LogP contribution >= 0.6 is 0 Å². The number of carbonyl (C=O) groups is 2. The van der Waals surface area contributed by atoms with Crippen LogP contribution < -0.4 is 24.6 Å². The number of amides is 2. The zero-order valence-corrected chi connectivity index (χ0v) is 17.0. The average molecular weight is 385 g/mol. The van der Waals surface area contributed by atoms with Crippen molar-refractivity contribution < 1.29 is 19.1 Å². The number of nitrogens with zero attached hydrogens (tertiary/aromatic N) is 2. The molecule has 28 heavy (non-hydrogen) atoms. The Hall–Kier alpha value is -3.22. The molecule has 0 atom stereocenters. The van der Waals surface area contributed by atoms with Crippen molar-refractivity contribution in [3.8, 4) is 11.5 Å². The summed E-state index contributed by atoms with van der Waals surface area (Å²) in [6, 6.07) is 12.8. The first-order chi connectivity index (χ1) is 13.4. The summed E-state index contributed by atoms with van der Waals surface area (Å²) in [6.45, 7) is 2.14. The van der Waals surface area contributed by atoms with Gasteiger partial charge in [0.15, 0.2) is 0 Å². The number of carbonyl (C=O) groups excluding carboxylic acids is 2. The molecule has 0 fully saturated rings. The van der Waals surface area contributed by atoms with Crippen LogP contribution in [0.5, 0.6) is 11.5 Å². The van der Waals surface area contributed by atoms with Gasteiger partial charge in [-0.3, -0.25) is 9.59 Å². The average Bonchev–Trinajstić information content (AvgIpc) is 2.70. The van der Waals surface area contributed by atoms with Crippen LogP contribution in [-0.4, -0.2) is 53.2 Å².